The molecule has 1 heterocycles. The van der Waals surface area contributed by atoms with Crippen LogP contribution in [0, 0.1) is 13.8 Å². The lowest BCUT2D eigenvalue weighted by molar-refractivity contribution is 0.266. The maximum absolute atomic E-state index is 9.35. The molecule has 0 bridgehead atoms. The zero-order chi connectivity index (χ0) is 11.7. The first-order chi connectivity index (χ1) is 7.63. The van der Waals surface area contributed by atoms with E-state index in [0.717, 1.165) is 30.1 Å². The van der Waals surface area contributed by atoms with Gasteiger partial charge in [-0.2, -0.15) is 0 Å². The average molecular weight is 240 g/mol. The maximum atomic E-state index is 9.35. The second-order valence-electron chi connectivity index (χ2n) is 4.58. The van der Waals surface area contributed by atoms with Crippen molar-refractivity contribution < 1.29 is 5.11 Å². The minimum Gasteiger partial charge on any atom is -0.394 e. The monoisotopic (exact) mass is 239 g/mol. The molecule has 0 radical (unpaired) electrons. The van der Waals surface area contributed by atoms with Gasteiger partial charge in [-0.3, -0.25) is 0 Å². The summed E-state index contributed by atoms with van der Waals surface area (Å²) in [5, 5.41) is 10.2. The van der Waals surface area contributed by atoms with Crippen molar-refractivity contribution in [2.24, 2.45) is 0 Å². The molecule has 0 saturated carbocycles. The van der Waals surface area contributed by atoms with E-state index in [1.165, 1.54) is 11.1 Å². The van der Waals surface area contributed by atoms with Crippen LogP contribution in [-0.4, -0.2) is 24.3 Å². The molecule has 1 unspecified atom stereocenters. The third-order valence-corrected chi connectivity index (χ3v) is 3.56. The predicted molar refractivity (Wildman–Crippen MR) is 68.4 cm³/mol. The number of aliphatic hydroxyl groups is 1. The summed E-state index contributed by atoms with van der Waals surface area (Å²) in [6.45, 7) is 5.34. The standard InChI is InChI=1S/C13H18ClNO/c1-9-6-10(2)13(12(14)7-9)15-5-3-4-11(15)8-16/h6-7,11,16H,3-5,8H2,1-2H3. The number of nitrogens with zero attached hydrogens (tertiary/aromatic N) is 1. The normalized spacial score (nSPS) is 20.5. The van der Waals surface area contributed by atoms with Gasteiger partial charge in [0.25, 0.3) is 0 Å². The highest BCUT2D eigenvalue weighted by molar-refractivity contribution is 6.33. The Kier molecular flexibility index (Phi) is 3.41. The molecule has 88 valence electrons. The van der Waals surface area contributed by atoms with Crippen LogP contribution in [0.1, 0.15) is 24.0 Å². The fraction of sp³-hybridized carbons (Fsp3) is 0.538. The van der Waals surface area contributed by atoms with E-state index >= 15 is 0 Å². The van der Waals surface area contributed by atoms with E-state index in [9.17, 15) is 5.11 Å². The van der Waals surface area contributed by atoms with Gasteiger partial charge in [-0.05, 0) is 43.9 Å². The molecule has 1 saturated heterocycles. The summed E-state index contributed by atoms with van der Waals surface area (Å²) in [7, 11) is 0. The third kappa shape index (κ3) is 2.04. The van der Waals surface area contributed by atoms with E-state index in [0.29, 0.717) is 0 Å². The summed E-state index contributed by atoms with van der Waals surface area (Å²) in [5.41, 5.74) is 3.49. The molecule has 2 nitrogen and oxygen atoms in total. The molecule has 1 fully saturated rings. The van der Waals surface area contributed by atoms with Crippen LogP contribution in [0.5, 0.6) is 0 Å². The lowest BCUT2D eigenvalue weighted by Gasteiger charge is -2.28. The lowest BCUT2D eigenvalue weighted by Crippen LogP contribution is -2.32. The Morgan fingerprint density at radius 2 is 2.19 bits per heavy atom. The first-order valence-electron chi connectivity index (χ1n) is 5.77. The number of aliphatic hydroxyl groups excluding tert-OH is 1. The van der Waals surface area contributed by atoms with Crippen LogP contribution >= 0.6 is 11.6 Å². The molecule has 2 rings (SSSR count). The Bertz CT molecular complexity index is 369. The van der Waals surface area contributed by atoms with Crippen LogP contribution in [0.25, 0.3) is 0 Å². The van der Waals surface area contributed by atoms with Gasteiger partial charge in [-0.15, -0.1) is 0 Å². The number of rotatable bonds is 2. The summed E-state index contributed by atoms with van der Waals surface area (Å²) in [4.78, 5) is 2.25. The molecule has 16 heavy (non-hydrogen) atoms. The second-order valence-corrected chi connectivity index (χ2v) is 4.99. The summed E-state index contributed by atoms with van der Waals surface area (Å²) in [5.74, 6) is 0. The van der Waals surface area contributed by atoms with Gasteiger partial charge < -0.3 is 10.0 Å². The van der Waals surface area contributed by atoms with Crippen molar-refractivity contribution in [2.75, 3.05) is 18.1 Å². The van der Waals surface area contributed by atoms with E-state index in [2.05, 4.69) is 24.8 Å². The Balaban J connectivity index is 2.39. The second kappa shape index (κ2) is 4.64. The number of hydrogen-bond acceptors (Lipinski definition) is 2. The first kappa shape index (κ1) is 11.7. The number of halogens is 1. The zero-order valence-corrected chi connectivity index (χ0v) is 10.6. The number of anilines is 1. The van der Waals surface area contributed by atoms with Gasteiger partial charge in [0.2, 0.25) is 0 Å². The summed E-state index contributed by atoms with van der Waals surface area (Å²) in [6.07, 6.45) is 2.19. The van der Waals surface area contributed by atoms with Gasteiger partial charge in [0.1, 0.15) is 0 Å². The fourth-order valence-electron chi connectivity index (χ4n) is 2.59. The highest BCUT2D eigenvalue weighted by atomic mass is 35.5. The quantitative estimate of drug-likeness (QED) is 0.858. The molecule has 1 aliphatic heterocycles. The molecule has 0 aromatic heterocycles. The number of aryl methyl sites for hydroxylation is 2. The molecule has 0 spiro atoms. The largest absolute Gasteiger partial charge is 0.394 e. The van der Waals surface area contributed by atoms with Crippen LogP contribution < -0.4 is 4.90 Å². The van der Waals surface area contributed by atoms with E-state index in [-0.39, 0.29) is 12.6 Å². The van der Waals surface area contributed by atoms with Gasteiger partial charge >= 0.3 is 0 Å². The highest BCUT2D eigenvalue weighted by Gasteiger charge is 2.26. The Hall–Kier alpha value is -0.730. The molecule has 0 aliphatic carbocycles. The van der Waals surface area contributed by atoms with E-state index in [4.69, 9.17) is 11.6 Å². The van der Waals surface area contributed by atoms with Crippen molar-refractivity contribution in [2.45, 2.75) is 32.7 Å². The maximum Gasteiger partial charge on any atom is 0.0645 e. The summed E-state index contributed by atoms with van der Waals surface area (Å²) < 4.78 is 0. The van der Waals surface area contributed by atoms with Crippen LogP contribution in [0.3, 0.4) is 0 Å². The van der Waals surface area contributed by atoms with E-state index < -0.39 is 0 Å². The highest BCUT2D eigenvalue weighted by Crippen LogP contribution is 2.35. The molecular weight excluding hydrogens is 222 g/mol. The van der Waals surface area contributed by atoms with Crippen LogP contribution in [-0.2, 0) is 0 Å². The Morgan fingerprint density at radius 1 is 1.44 bits per heavy atom. The smallest absolute Gasteiger partial charge is 0.0645 e. The zero-order valence-electron chi connectivity index (χ0n) is 9.83. The predicted octanol–water partition coefficient (Wildman–Crippen LogP) is 2.92. The van der Waals surface area contributed by atoms with Crippen molar-refractivity contribution in [1.82, 2.24) is 0 Å². The average Bonchev–Trinajstić information content (AvgIpc) is 2.64. The number of hydrogen-bond donors (Lipinski definition) is 1. The van der Waals surface area contributed by atoms with Crippen LogP contribution in [0.2, 0.25) is 5.02 Å². The molecule has 3 heteroatoms. The van der Waals surface area contributed by atoms with Crippen molar-refractivity contribution >= 4 is 17.3 Å². The van der Waals surface area contributed by atoms with Crippen molar-refractivity contribution in [3.8, 4) is 0 Å². The van der Waals surface area contributed by atoms with Crippen LogP contribution in [0.15, 0.2) is 12.1 Å². The fourth-order valence-corrected chi connectivity index (χ4v) is 3.02. The summed E-state index contributed by atoms with van der Waals surface area (Å²) >= 11 is 6.31. The van der Waals surface area contributed by atoms with Gasteiger partial charge in [0.15, 0.2) is 0 Å². The Labute approximate surface area is 102 Å². The Morgan fingerprint density at radius 3 is 2.81 bits per heavy atom. The van der Waals surface area contributed by atoms with Gasteiger partial charge in [-0.25, -0.2) is 0 Å². The van der Waals surface area contributed by atoms with Gasteiger partial charge in [0, 0.05) is 6.54 Å². The molecule has 1 atom stereocenters. The third-order valence-electron chi connectivity index (χ3n) is 3.27. The topological polar surface area (TPSA) is 23.5 Å². The molecular formula is C13H18ClNO. The molecule has 1 aliphatic rings. The minimum atomic E-state index is 0.212. The van der Waals surface area contributed by atoms with E-state index in [1.807, 2.05) is 6.07 Å². The lowest BCUT2D eigenvalue weighted by atomic mass is 10.1. The molecule has 1 aromatic carbocycles. The first-order valence-corrected chi connectivity index (χ1v) is 6.15. The van der Waals surface area contributed by atoms with E-state index in [1.54, 1.807) is 0 Å². The van der Waals surface area contributed by atoms with Crippen molar-refractivity contribution in [3.63, 3.8) is 0 Å². The summed E-state index contributed by atoms with van der Waals surface area (Å²) in [6, 6.07) is 4.38. The van der Waals surface area contributed by atoms with Crippen molar-refractivity contribution in [3.05, 3.63) is 28.3 Å². The molecule has 1 N–H and O–H groups in total. The van der Waals surface area contributed by atoms with Crippen LogP contribution in [0.4, 0.5) is 5.69 Å². The molecule has 1 aromatic rings. The SMILES string of the molecule is Cc1cc(C)c(N2CCCC2CO)c(Cl)c1. The number of benzene rings is 1. The minimum absolute atomic E-state index is 0.212. The van der Waals surface area contributed by atoms with Gasteiger partial charge in [0.05, 0.1) is 23.4 Å². The molecule has 0 amide bonds. The van der Waals surface area contributed by atoms with Crippen molar-refractivity contribution in [1.29, 1.82) is 0 Å². The van der Waals surface area contributed by atoms with Gasteiger partial charge in [-0.1, -0.05) is 17.7 Å².